The van der Waals surface area contributed by atoms with Crippen molar-refractivity contribution in [1.29, 1.82) is 5.26 Å². The number of quaternary nitrogens is 1. The number of nitriles is 1. The van der Waals surface area contributed by atoms with Gasteiger partial charge in [0.05, 0.1) is 19.6 Å². The first-order valence-corrected chi connectivity index (χ1v) is 5.63. The largest absolute Gasteiger partial charge is 0.812 e. The number of nitrogens with zero attached hydrogens (tertiary/aromatic N) is 2. The van der Waals surface area contributed by atoms with E-state index in [9.17, 15) is 0 Å². The van der Waals surface area contributed by atoms with Crippen molar-refractivity contribution in [2.75, 3.05) is 19.6 Å². The lowest BCUT2D eigenvalue weighted by Gasteiger charge is -2.35. The molecule has 0 atom stereocenters. The van der Waals surface area contributed by atoms with Gasteiger partial charge in [-0.2, -0.15) is 0 Å². The Labute approximate surface area is 98.1 Å². The van der Waals surface area contributed by atoms with Crippen LogP contribution in [0.1, 0.15) is 20.8 Å². The lowest BCUT2D eigenvalue weighted by atomic mass is 10.2. The Morgan fingerprint density at radius 2 is 1.44 bits per heavy atom. The molecule has 0 saturated carbocycles. The summed E-state index contributed by atoms with van der Waals surface area (Å²) < 4.78 is 1.10. The molecule has 0 spiro atoms. The molecule has 0 amide bonds. The summed E-state index contributed by atoms with van der Waals surface area (Å²) in [5.41, 5.74) is 1.44. The van der Waals surface area contributed by atoms with Gasteiger partial charge in [-0.15, -0.1) is 0 Å². The zero-order chi connectivity index (χ0) is 12.4. The zero-order valence-corrected chi connectivity index (χ0v) is 10.3. The fourth-order valence-corrected chi connectivity index (χ4v) is 1.96. The molecule has 0 saturated heterocycles. The van der Waals surface area contributed by atoms with Crippen molar-refractivity contribution in [3.05, 3.63) is 30.3 Å². The Bertz CT molecular complexity index is 304. The van der Waals surface area contributed by atoms with E-state index in [0.29, 0.717) is 6.26 Å². The summed E-state index contributed by atoms with van der Waals surface area (Å²) in [6.45, 7) is 10.3. The molecule has 0 bridgehead atoms. The van der Waals surface area contributed by atoms with Crippen molar-refractivity contribution >= 4 is 5.69 Å². The maximum atomic E-state index is 8.24. The number of rotatable bonds is 4. The van der Waals surface area contributed by atoms with E-state index in [-0.39, 0.29) is 0 Å². The van der Waals surface area contributed by atoms with E-state index in [1.165, 1.54) is 25.3 Å². The summed E-state index contributed by atoms with van der Waals surface area (Å²) in [4.78, 5) is 0. The molecule has 0 unspecified atom stereocenters. The molecule has 1 rings (SSSR count). The standard InChI is InChI=1S/C12H20N.CHNO/c1-4-13(5-2,6-3)12-10-8-7-9-11-12;2-1-3/h7-11H,4-6H2,1-3H3;3H/q+1;/p-1. The second-order valence-electron chi connectivity index (χ2n) is 3.52. The van der Waals surface area contributed by atoms with Gasteiger partial charge in [-0.25, -0.2) is 5.26 Å². The number of benzene rings is 1. The summed E-state index contributed by atoms with van der Waals surface area (Å²) in [6.07, 6.45) is 0.500. The minimum atomic E-state index is 0.500. The molecule has 1 aromatic rings. The highest BCUT2D eigenvalue weighted by Crippen LogP contribution is 2.21. The summed E-state index contributed by atoms with van der Waals surface area (Å²) in [7, 11) is 0. The molecular weight excluding hydrogens is 200 g/mol. The zero-order valence-electron chi connectivity index (χ0n) is 10.3. The van der Waals surface area contributed by atoms with Gasteiger partial charge in [-0.05, 0) is 32.9 Å². The summed E-state index contributed by atoms with van der Waals surface area (Å²) in [5.74, 6) is 0. The Kier molecular flexibility index (Phi) is 6.98. The van der Waals surface area contributed by atoms with Crippen LogP contribution in [0.25, 0.3) is 0 Å². The average molecular weight is 220 g/mol. The molecule has 0 radical (unpaired) electrons. The first-order valence-electron chi connectivity index (χ1n) is 5.63. The minimum absolute atomic E-state index is 0.500. The quantitative estimate of drug-likeness (QED) is 0.574. The summed E-state index contributed by atoms with van der Waals surface area (Å²) in [5, 5.41) is 15.0. The Morgan fingerprint density at radius 3 is 1.75 bits per heavy atom. The molecular formula is C13H20N2O. The third-order valence-corrected chi connectivity index (χ3v) is 3.12. The highest BCUT2D eigenvalue weighted by Gasteiger charge is 2.23. The fourth-order valence-electron chi connectivity index (χ4n) is 1.96. The second kappa shape index (κ2) is 7.72. The Balaban J connectivity index is 0.000000673. The van der Waals surface area contributed by atoms with Crippen LogP contribution in [0.5, 0.6) is 0 Å². The monoisotopic (exact) mass is 220 g/mol. The first-order chi connectivity index (χ1) is 7.70. The van der Waals surface area contributed by atoms with Crippen molar-refractivity contribution in [3.8, 4) is 6.26 Å². The predicted molar refractivity (Wildman–Crippen MR) is 65.5 cm³/mol. The summed E-state index contributed by atoms with van der Waals surface area (Å²) in [6, 6.07) is 10.8. The summed E-state index contributed by atoms with van der Waals surface area (Å²) >= 11 is 0. The highest BCUT2D eigenvalue weighted by atomic mass is 16.2. The van der Waals surface area contributed by atoms with Crippen molar-refractivity contribution in [1.82, 2.24) is 4.48 Å². The van der Waals surface area contributed by atoms with E-state index in [4.69, 9.17) is 10.4 Å². The second-order valence-corrected chi connectivity index (χ2v) is 3.52. The molecule has 3 heteroatoms. The SMILES string of the molecule is CC[N+](CC)(CC)c1ccccc1.N#C[O-]. The van der Waals surface area contributed by atoms with Crippen molar-refractivity contribution in [3.63, 3.8) is 0 Å². The Morgan fingerprint density at radius 1 is 1.06 bits per heavy atom. The molecule has 0 aromatic heterocycles. The smallest absolute Gasteiger partial charge is 0.132 e. The number of hydrogen-bond donors (Lipinski definition) is 0. The van der Waals surface area contributed by atoms with Gasteiger partial charge in [0.25, 0.3) is 0 Å². The van der Waals surface area contributed by atoms with E-state index < -0.39 is 0 Å². The van der Waals surface area contributed by atoms with E-state index in [0.717, 1.165) is 4.48 Å². The van der Waals surface area contributed by atoms with Crippen molar-refractivity contribution in [2.24, 2.45) is 0 Å². The normalized spacial score (nSPS) is 9.88. The topological polar surface area (TPSA) is 46.8 Å². The van der Waals surface area contributed by atoms with Crippen LogP contribution in [0.15, 0.2) is 30.3 Å². The molecule has 88 valence electrons. The Hall–Kier alpha value is -1.53. The van der Waals surface area contributed by atoms with E-state index in [2.05, 4.69) is 51.1 Å². The van der Waals surface area contributed by atoms with E-state index in [1.54, 1.807) is 0 Å². The van der Waals surface area contributed by atoms with E-state index in [1.807, 2.05) is 0 Å². The molecule has 0 fully saturated rings. The van der Waals surface area contributed by atoms with Crippen LogP contribution >= 0.6 is 0 Å². The van der Waals surface area contributed by atoms with Crippen LogP contribution in [0.3, 0.4) is 0 Å². The minimum Gasteiger partial charge on any atom is -0.812 e. The maximum Gasteiger partial charge on any atom is 0.132 e. The van der Waals surface area contributed by atoms with Crippen LogP contribution in [0, 0.1) is 11.5 Å². The predicted octanol–water partition coefficient (Wildman–Crippen LogP) is 1.88. The first kappa shape index (κ1) is 14.5. The lowest BCUT2D eigenvalue weighted by molar-refractivity contribution is -0.252. The molecule has 16 heavy (non-hydrogen) atoms. The van der Waals surface area contributed by atoms with Gasteiger partial charge in [0.15, 0.2) is 0 Å². The van der Waals surface area contributed by atoms with Gasteiger partial charge < -0.3 is 5.11 Å². The molecule has 0 N–H and O–H groups in total. The van der Waals surface area contributed by atoms with Crippen LogP contribution < -0.4 is 9.59 Å². The fraction of sp³-hybridized carbons (Fsp3) is 0.462. The van der Waals surface area contributed by atoms with Gasteiger partial charge >= 0.3 is 0 Å². The number of para-hydroxylation sites is 1. The van der Waals surface area contributed by atoms with Crippen LogP contribution in [-0.4, -0.2) is 19.6 Å². The third-order valence-electron chi connectivity index (χ3n) is 3.12. The maximum absolute atomic E-state index is 8.24. The third kappa shape index (κ3) is 3.56. The molecule has 0 aliphatic heterocycles. The van der Waals surface area contributed by atoms with Gasteiger partial charge in [0.2, 0.25) is 0 Å². The number of hydrogen-bond acceptors (Lipinski definition) is 2. The average Bonchev–Trinajstić information content (AvgIpc) is 2.34. The molecule has 0 aliphatic carbocycles. The van der Waals surface area contributed by atoms with Crippen LogP contribution in [0.4, 0.5) is 5.69 Å². The van der Waals surface area contributed by atoms with E-state index >= 15 is 0 Å². The van der Waals surface area contributed by atoms with Gasteiger partial charge in [-0.1, -0.05) is 18.2 Å². The lowest BCUT2D eigenvalue weighted by Crippen LogP contribution is -2.48. The highest BCUT2D eigenvalue weighted by molar-refractivity contribution is 5.42. The molecule has 0 heterocycles. The van der Waals surface area contributed by atoms with Gasteiger partial charge in [-0.3, -0.25) is 4.48 Å². The van der Waals surface area contributed by atoms with Gasteiger partial charge in [0.1, 0.15) is 5.69 Å². The molecule has 3 nitrogen and oxygen atoms in total. The van der Waals surface area contributed by atoms with Crippen molar-refractivity contribution < 1.29 is 5.11 Å². The van der Waals surface area contributed by atoms with Crippen LogP contribution in [-0.2, 0) is 0 Å². The molecule has 1 aromatic carbocycles. The van der Waals surface area contributed by atoms with Crippen molar-refractivity contribution in [2.45, 2.75) is 20.8 Å². The molecule has 0 aliphatic rings. The van der Waals surface area contributed by atoms with Crippen LogP contribution in [0.2, 0.25) is 0 Å². The van der Waals surface area contributed by atoms with Gasteiger partial charge in [0, 0.05) is 6.26 Å².